The predicted molar refractivity (Wildman–Crippen MR) is 85.0 cm³/mol. The molecule has 0 aromatic carbocycles. The Kier molecular flexibility index (Phi) is 6.06. The quantitative estimate of drug-likeness (QED) is 0.793. The van der Waals surface area contributed by atoms with E-state index in [1.165, 1.54) is 19.3 Å². The fraction of sp³-hybridized carbons (Fsp3) is 0.941. The van der Waals surface area contributed by atoms with E-state index in [4.69, 9.17) is 10.5 Å². The van der Waals surface area contributed by atoms with Crippen molar-refractivity contribution in [2.75, 3.05) is 26.2 Å². The molecule has 0 aromatic heterocycles. The maximum atomic E-state index is 12.8. The first-order chi connectivity index (χ1) is 10.0. The van der Waals surface area contributed by atoms with Crippen molar-refractivity contribution in [3.8, 4) is 0 Å². The van der Waals surface area contributed by atoms with Crippen molar-refractivity contribution in [1.29, 1.82) is 0 Å². The summed E-state index contributed by atoms with van der Waals surface area (Å²) < 4.78 is 5.82. The third kappa shape index (κ3) is 4.43. The Labute approximate surface area is 129 Å². The maximum absolute atomic E-state index is 12.8. The minimum absolute atomic E-state index is 0.170. The van der Waals surface area contributed by atoms with Crippen molar-refractivity contribution >= 4 is 5.91 Å². The molecular formula is C17H32N2O2. The Balaban J connectivity index is 1.80. The highest BCUT2D eigenvalue weighted by atomic mass is 16.5. The van der Waals surface area contributed by atoms with Crippen molar-refractivity contribution in [1.82, 2.24) is 4.90 Å². The van der Waals surface area contributed by atoms with Gasteiger partial charge in [-0.3, -0.25) is 4.79 Å². The molecule has 0 spiro atoms. The van der Waals surface area contributed by atoms with Gasteiger partial charge in [-0.15, -0.1) is 0 Å². The van der Waals surface area contributed by atoms with Crippen LogP contribution in [0.25, 0.3) is 0 Å². The lowest BCUT2D eigenvalue weighted by Gasteiger charge is -2.42. The third-order valence-corrected chi connectivity index (χ3v) is 5.26. The minimum Gasteiger partial charge on any atom is -0.378 e. The summed E-state index contributed by atoms with van der Waals surface area (Å²) in [7, 11) is 0. The van der Waals surface area contributed by atoms with Crippen LogP contribution in [0.5, 0.6) is 0 Å². The van der Waals surface area contributed by atoms with Crippen molar-refractivity contribution in [3.05, 3.63) is 0 Å². The molecule has 1 amide bonds. The number of carbonyl (C=O) groups is 1. The number of hydrogen-bond acceptors (Lipinski definition) is 3. The van der Waals surface area contributed by atoms with Crippen LogP contribution in [-0.2, 0) is 9.53 Å². The Morgan fingerprint density at radius 3 is 2.57 bits per heavy atom. The van der Waals surface area contributed by atoms with Gasteiger partial charge in [0, 0.05) is 25.6 Å². The van der Waals surface area contributed by atoms with E-state index in [2.05, 4.69) is 18.7 Å². The van der Waals surface area contributed by atoms with Gasteiger partial charge in [0.05, 0.1) is 6.10 Å². The van der Waals surface area contributed by atoms with Gasteiger partial charge in [0.15, 0.2) is 0 Å². The summed E-state index contributed by atoms with van der Waals surface area (Å²) in [5.74, 6) is 0.612. The van der Waals surface area contributed by atoms with Gasteiger partial charge < -0.3 is 15.4 Å². The summed E-state index contributed by atoms with van der Waals surface area (Å²) in [5.41, 5.74) is 5.65. The van der Waals surface area contributed by atoms with Gasteiger partial charge in [-0.1, -0.05) is 26.7 Å². The molecule has 2 N–H and O–H groups in total. The van der Waals surface area contributed by atoms with Crippen molar-refractivity contribution in [2.24, 2.45) is 17.1 Å². The number of hydrogen-bond donors (Lipinski definition) is 1. The summed E-state index contributed by atoms with van der Waals surface area (Å²) in [6, 6.07) is 0. The average Bonchev–Trinajstić information content (AvgIpc) is 2.47. The molecule has 1 aliphatic heterocycles. The van der Waals surface area contributed by atoms with E-state index in [1.54, 1.807) is 0 Å². The SMILES string of the molecule is CC1(C)CCCCC1C(=O)N1CCC(OCCCN)CC1. The van der Waals surface area contributed by atoms with E-state index in [9.17, 15) is 4.79 Å². The molecular weight excluding hydrogens is 264 g/mol. The molecule has 2 fully saturated rings. The molecule has 1 heterocycles. The molecule has 2 rings (SSSR count). The molecule has 0 aromatic rings. The van der Waals surface area contributed by atoms with Crippen molar-refractivity contribution in [3.63, 3.8) is 0 Å². The third-order valence-electron chi connectivity index (χ3n) is 5.26. The fourth-order valence-corrected chi connectivity index (χ4v) is 3.75. The molecule has 4 nitrogen and oxygen atoms in total. The molecule has 1 saturated carbocycles. The molecule has 2 aliphatic rings. The number of nitrogens with zero attached hydrogens (tertiary/aromatic N) is 1. The minimum atomic E-state index is 0.170. The standard InChI is InChI=1S/C17H32N2O2/c1-17(2)9-4-3-6-15(17)16(20)19-11-7-14(8-12-19)21-13-5-10-18/h14-15H,3-13,18H2,1-2H3. The molecule has 1 aliphatic carbocycles. The van der Waals surface area contributed by atoms with Crippen LogP contribution in [0.2, 0.25) is 0 Å². The van der Waals surface area contributed by atoms with Crippen LogP contribution < -0.4 is 5.73 Å². The van der Waals surface area contributed by atoms with Crippen molar-refractivity contribution in [2.45, 2.75) is 64.9 Å². The summed E-state index contributed by atoms with van der Waals surface area (Å²) in [6.45, 7) is 7.69. The van der Waals surface area contributed by atoms with Crippen molar-refractivity contribution < 1.29 is 9.53 Å². The normalized spacial score (nSPS) is 26.8. The lowest BCUT2D eigenvalue weighted by Crippen LogP contribution is -2.47. The van der Waals surface area contributed by atoms with E-state index in [1.807, 2.05) is 0 Å². The number of amides is 1. The van der Waals surface area contributed by atoms with Crippen LogP contribution in [0.1, 0.15) is 58.8 Å². The van der Waals surface area contributed by atoms with E-state index in [0.717, 1.165) is 45.4 Å². The number of likely N-dealkylation sites (tertiary alicyclic amines) is 1. The maximum Gasteiger partial charge on any atom is 0.226 e. The zero-order valence-electron chi connectivity index (χ0n) is 13.8. The number of nitrogens with two attached hydrogens (primary N) is 1. The number of ether oxygens (including phenoxy) is 1. The Bertz CT molecular complexity index is 336. The van der Waals surface area contributed by atoms with Gasteiger partial charge in [0.2, 0.25) is 5.91 Å². The number of rotatable bonds is 5. The van der Waals surface area contributed by atoms with Gasteiger partial charge in [0.25, 0.3) is 0 Å². The van der Waals surface area contributed by atoms with Gasteiger partial charge in [-0.25, -0.2) is 0 Å². The second kappa shape index (κ2) is 7.59. The van der Waals surface area contributed by atoms with E-state index < -0.39 is 0 Å². The molecule has 1 unspecified atom stereocenters. The molecule has 0 bridgehead atoms. The van der Waals surface area contributed by atoms with Crippen LogP contribution in [0.4, 0.5) is 0 Å². The van der Waals surface area contributed by atoms with Gasteiger partial charge in [-0.05, 0) is 44.1 Å². The topological polar surface area (TPSA) is 55.6 Å². The molecule has 1 saturated heterocycles. The second-order valence-corrected chi connectivity index (χ2v) is 7.32. The largest absolute Gasteiger partial charge is 0.378 e. The zero-order valence-corrected chi connectivity index (χ0v) is 13.8. The molecule has 122 valence electrons. The number of piperidine rings is 1. The highest BCUT2D eigenvalue weighted by molar-refractivity contribution is 5.79. The molecule has 4 heteroatoms. The summed E-state index contributed by atoms with van der Waals surface area (Å²) in [5, 5.41) is 0. The summed E-state index contributed by atoms with van der Waals surface area (Å²) in [6.07, 6.45) is 7.93. The van der Waals surface area contributed by atoms with Crippen LogP contribution >= 0.6 is 0 Å². The van der Waals surface area contributed by atoms with E-state index in [0.29, 0.717) is 18.6 Å². The first-order valence-electron chi connectivity index (χ1n) is 8.65. The Morgan fingerprint density at radius 1 is 1.24 bits per heavy atom. The van der Waals surface area contributed by atoms with Crippen LogP contribution in [0.15, 0.2) is 0 Å². The smallest absolute Gasteiger partial charge is 0.226 e. The van der Waals surface area contributed by atoms with Gasteiger partial charge in [0.1, 0.15) is 0 Å². The zero-order chi connectivity index (χ0) is 15.3. The first-order valence-corrected chi connectivity index (χ1v) is 8.65. The van der Waals surface area contributed by atoms with Crippen LogP contribution in [0.3, 0.4) is 0 Å². The lowest BCUT2D eigenvalue weighted by atomic mass is 9.68. The number of carbonyl (C=O) groups excluding carboxylic acids is 1. The highest BCUT2D eigenvalue weighted by Crippen LogP contribution is 2.41. The molecule has 1 atom stereocenters. The summed E-state index contributed by atoms with van der Waals surface area (Å²) >= 11 is 0. The van der Waals surface area contributed by atoms with Gasteiger partial charge in [-0.2, -0.15) is 0 Å². The van der Waals surface area contributed by atoms with E-state index >= 15 is 0 Å². The first kappa shape index (κ1) is 16.8. The monoisotopic (exact) mass is 296 g/mol. The predicted octanol–water partition coefficient (Wildman–Crippen LogP) is 2.56. The average molecular weight is 296 g/mol. The highest BCUT2D eigenvalue weighted by Gasteiger charge is 2.39. The van der Waals surface area contributed by atoms with Gasteiger partial charge >= 0.3 is 0 Å². The lowest BCUT2D eigenvalue weighted by molar-refractivity contribution is -0.143. The van der Waals surface area contributed by atoms with Crippen LogP contribution in [0, 0.1) is 11.3 Å². The summed E-state index contributed by atoms with van der Waals surface area (Å²) in [4.78, 5) is 14.9. The fourth-order valence-electron chi connectivity index (χ4n) is 3.75. The Morgan fingerprint density at radius 2 is 1.95 bits per heavy atom. The van der Waals surface area contributed by atoms with E-state index in [-0.39, 0.29) is 11.3 Å². The Hall–Kier alpha value is -0.610. The molecule has 21 heavy (non-hydrogen) atoms. The molecule has 0 radical (unpaired) electrons. The van der Waals surface area contributed by atoms with Crippen LogP contribution in [-0.4, -0.2) is 43.2 Å². The second-order valence-electron chi connectivity index (χ2n) is 7.32.